The van der Waals surface area contributed by atoms with Gasteiger partial charge < -0.3 is 9.47 Å². The molecule has 18 heavy (non-hydrogen) atoms. The topological polar surface area (TPSA) is 80.4 Å². The molecule has 0 aromatic rings. The largest absolute Gasteiger partial charge is 0.471 e. The highest BCUT2D eigenvalue weighted by Crippen LogP contribution is 1.93. The van der Waals surface area contributed by atoms with Crippen molar-refractivity contribution in [2.24, 2.45) is 5.16 Å². The molecule has 0 fully saturated rings. The summed E-state index contributed by atoms with van der Waals surface area (Å²) in [7, 11) is 9.15. The van der Waals surface area contributed by atoms with Crippen molar-refractivity contribution in [2.75, 3.05) is 42.4 Å². The third-order valence-corrected chi connectivity index (χ3v) is 1.74. The predicted molar refractivity (Wildman–Crippen MR) is 63.4 cm³/mol. The van der Waals surface area contributed by atoms with Gasteiger partial charge in [0.25, 0.3) is 5.71 Å². The van der Waals surface area contributed by atoms with Crippen molar-refractivity contribution in [3.8, 4) is 0 Å². The highest BCUT2D eigenvalue weighted by atomic mass is 16.7. The van der Waals surface area contributed by atoms with Gasteiger partial charge in [0.2, 0.25) is 0 Å². The normalized spacial score (nSPS) is 9.00. The second-order valence-electron chi connectivity index (χ2n) is 3.59. The second-order valence-corrected chi connectivity index (χ2v) is 3.59. The molecular weight excluding hydrogens is 242 g/mol. The molecule has 0 bridgehead atoms. The Morgan fingerprint density at radius 1 is 1.06 bits per heavy atom. The lowest BCUT2D eigenvalue weighted by molar-refractivity contribution is -0.480. The van der Waals surface area contributed by atoms with Gasteiger partial charge in [0.05, 0.1) is 42.4 Å². The van der Waals surface area contributed by atoms with Crippen LogP contribution in [0.2, 0.25) is 0 Å². The van der Waals surface area contributed by atoms with Crippen LogP contribution >= 0.6 is 0 Å². The van der Waals surface area contributed by atoms with Crippen LogP contribution in [0.3, 0.4) is 0 Å². The average Bonchev–Trinajstić information content (AvgIpc) is 2.31. The lowest BCUT2D eigenvalue weighted by Crippen LogP contribution is -2.33. The molecule has 8 nitrogen and oxygen atoms in total. The molecule has 0 saturated heterocycles. The van der Waals surface area contributed by atoms with Gasteiger partial charge in [0.15, 0.2) is 0 Å². The smallest absolute Gasteiger partial charge is 0.464 e. The summed E-state index contributed by atoms with van der Waals surface area (Å²) in [6.07, 6.45) is 0. The molecule has 0 aliphatic heterocycles. The molecule has 0 rings (SSSR count). The number of carbonyl (C=O) groups is 2. The summed E-state index contributed by atoms with van der Waals surface area (Å²) in [5.74, 6) is -1.86. The molecule has 102 valence electrons. The number of esters is 2. The maximum absolute atomic E-state index is 11.3. The summed E-state index contributed by atoms with van der Waals surface area (Å²) in [5.41, 5.74) is -0.568. The summed E-state index contributed by atoms with van der Waals surface area (Å²) in [5, 5.41) is 3.46. The third kappa shape index (κ3) is 4.40. The molecule has 0 aliphatic carbocycles. The lowest BCUT2D eigenvalue weighted by Gasteiger charge is -2.08. The van der Waals surface area contributed by atoms with Crippen LogP contribution in [0.25, 0.3) is 0 Å². The van der Waals surface area contributed by atoms with Gasteiger partial charge in [-0.15, -0.1) is 0 Å². The van der Waals surface area contributed by atoms with Gasteiger partial charge in [-0.05, 0) is 0 Å². The number of nitrogens with zero attached hydrogens (tertiary/aromatic N) is 3. The summed E-state index contributed by atoms with van der Waals surface area (Å²) in [6, 6.07) is 0.334. The first-order valence-electron chi connectivity index (χ1n) is 4.98. The van der Waals surface area contributed by atoms with E-state index in [0.717, 1.165) is 14.2 Å². The highest BCUT2D eigenvalue weighted by molar-refractivity contribution is 6.62. The minimum Gasteiger partial charge on any atom is -0.464 e. The van der Waals surface area contributed by atoms with E-state index in [1.165, 1.54) is 0 Å². The van der Waals surface area contributed by atoms with Crippen molar-refractivity contribution in [3.05, 3.63) is 0 Å². The Kier molecular flexibility index (Phi) is 6.40. The number of methoxy groups -OCH3 is 2. The van der Waals surface area contributed by atoms with E-state index in [1.807, 2.05) is 0 Å². The number of hydrogen-bond acceptors (Lipinski definition) is 6. The summed E-state index contributed by atoms with van der Waals surface area (Å²) in [6.45, 7) is 0. The van der Waals surface area contributed by atoms with E-state index in [1.54, 1.807) is 37.7 Å². The Morgan fingerprint density at radius 3 is 1.78 bits per heavy atom. The van der Waals surface area contributed by atoms with Gasteiger partial charge in [-0.3, -0.25) is 4.84 Å². The van der Waals surface area contributed by atoms with Gasteiger partial charge in [-0.2, -0.15) is 0 Å². The summed E-state index contributed by atoms with van der Waals surface area (Å²) in [4.78, 5) is 29.2. The van der Waals surface area contributed by atoms with Crippen molar-refractivity contribution in [3.63, 3.8) is 0 Å². The fourth-order valence-corrected chi connectivity index (χ4v) is 1.00. The Bertz CT molecular complexity index is 365. The molecule has 0 aliphatic rings. The zero-order valence-electron chi connectivity index (χ0n) is 11.4. The van der Waals surface area contributed by atoms with Gasteiger partial charge >= 0.3 is 18.0 Å². The molecule has 0 aromatic carbocycles. The van der Waals surface area contributed by atoms with Crippen LogP contribution in [0, 0.1) is 0 Å². The minimum atomic E-state index is -0.932. The molecule has 0 heterocycles. The maximum Gasteiger partial charge on any atom is 0.471 e. The molecule has 0 amide bonds. The van der Waals surface area contributed by atoms with E-state index < -0.39 is 17.7 Å². The fourth-order valence-electron chi connectivity index (χ4n) is 1.00. The number of oxime groups is 1. The van der Waals surface area contributed by atoms with E-state index in [9.17, 15) is 9.59 Å². The summed E-state index contributed by atoms with van der Waals surface area (Å²) >= 11 is 0. The molecule has 0 atom stereocenters. The van der Waals surface area contributed by atoms with Gasteiger partial charge in [0, 0.05) is 0 Å². The SMILES string of the molecule is COC(=O)C(=NOC(N(C)C)=[N+](C)C)C(=O)OC. The Balaban J connectivity index is 5.16. The molecule has 0 spiro atoms. The molecule has 0 N–H and O–H groups in total. The van der Waals surface area contributed by atoms with Crippen LogP contribution in [-0.2, 0) is 23.9 Å². The first kappa shape index (κ1) is 15.9. The number of rotatable bonds is 3. The Labute approximate surface area is 105 Å². The summed E-state index contributed by atoms with van der Waals surface area (Å²) < 4.78 is 10.4. The van der Waals surface area contributed by atoms with Crippen LogP contribution in [-0.4, -0.2) is 75.6 Å². The van der Waals surface area contributed by atoms with Crippen molar-refractivity contribution >= 4 is 23.7 Å². The first-order valence-corrected chi connectivity index (χ1v) is 4.98. The Morgan fingerprint density at radius 2 is 1.50 bits per heavy atom. The van der Waals surface area contributed by atoms with Crippen LogP contribution in [0.15, 0.2) is 5.16 Å². The van der Waals surface area contributed by atoms with E-state index in [4.69, 9.17) is 4.84 Å². The molecular formula is C10H18N3O5+. The number of carbonyl (C=O) groups excluding carboxylic acids is 2. The van der Waals surface area contributed by atoms with E-state index in [-0.39, 0.29) is 0 Å². The van der Waals surface area contributed by atoms with E-state index in [0.29, 0.717) is 6.02 Å². The van der Waals surface area contributed by atoms with Crippen molar-refractivity contribution in [1.29, 1.82) is 0 Å². The maximum atomic E-state index is 11.3. The van der Waals surface area contributed by atoms with E-state index >= 15 is 0 Å². The van der Waals surface area contributed by atoms with Crippen LogP contribution in [0.1, 0.15) is 0 Å². The van der Waals surface area contributed by atoms with Crippen LogP contribution in [0.4, 0.5) is 0 Å². The number of hydrogen-bond donors (Lipinski definition) is 0. The zero-order chi connectivity index (χ0) is 14.3. The number of ether oxygens (including phenoxy) is 2. The molecule has 0 saturated carbocycles. The zero-order valence-corrected chi connectivity index (χ0v) is 11.4. The van der Waals surface area contributed by atoms with Crippen molar-refractivity contribution in [2.45, 2.75) is 0 Å². The predicted octanol–water partition coefficient (Wildman–Crippen LogP) is -1.11. The van der Waals surface area contributed by atoms with Gasteiger partial charge in [0.1, 0.15) is 0 Å². The standard InChI is InChI=1S/C10H18N3O5/c1-12(2)10(13(3)4)18-11-7(8(14)16-5)9(15)17-6/h1-6H3/q+1. The Hall–Kier alpha value is -2.12. The van der Waals surface area contributed by atoms with Gasteiger partial charge in [-0.1, -0.05) is 5.16 Å². The molecule has 8 heteroatoms. The minimum absolute atomic E-state index is 0.334. The average molecular weight is 260 g/mol. The van der Waals surface area contributed by atoms with E-state index in [2.05, 4.69) is 14.6 Å². The highest BCUT2D eigenvalue weighted by Gasteiger charge is 2.25. The van der Waals surface area contributed by atoms with Crippen molar-refractivity contribution in [1.82, 2.24) is 4.90 Å². The monoisotopic (exact) mass is 260 g/mol. The molecule has 0 unspecified atom stereocenters. The van der Waals surface area contributed by atoms with Crippen molar-refractivity contribution < 1.29 is 28.5 Å². The molecule has 0 radical (unpaired) electrons. The van der Waals surface area contributed by atoms with Crippen LogP contribution in [0.5, 0.6) is 0 Å². The second kappa shape index (κ2) is 7.25. The lowest BCUT2D eigenvalue weighted by atomic mass is 10.4. The van der Waals surface area contributed by atoms with Crippen LogP contribution < -0.4 is 0 Å². The number of amidine groups is 1. The fraction of sp³-hybridized carbons (Fsp3) is 0.600. The first-order chi connectivity index (χ1) is 8.34. The third-order valence-electron chi connectivity index (χ3n) is 1.74. The van der Waals surface area contributed by atoms with Gasteiger partial charge in [-0.25, -0.2) is 19.1 Å². The molecule has 0 aromatic heterocycles. The quantitative estimate of drug-likeness (QED) is 0.160.